The minimum atomic E-state index is -0.901. The third-order valence-corrected chi connectivity index (χ3v) is 9.36. The second-order valence-electron chi connectivity index (χ2n) is 10.4. The summed E-state index contributed by atoms with van der Waals surface area (Å²) in [6, 6.07) is 18.3. The first-order valence-corrected chi connectivity index (χ1v) is 16.5. The van der Waals surface area contributed by atoms with Crippen molar-refractivity contribution in [2.75, 3.05) is 52.6 Å². The van der Waals surface area contributed by atoms with Crippen molar-refractivity contribution >= 4 is 69.5 Å². The van der Waals surface area contributed by atoms with Gasteiger partial charge in [0.1, 0.15) is 22.4 Å². The Morgan fingerprint density at radius 1 is 0.978 bits per heavy atom. The van der Waals surface area contributed by atoms with Crippen LogP contribution in [0, 0.1) is 0 Å². The van der Waals surface area contributed by atoms with Gasteiger partial charge in [0.05, 0.1) is 41.2 Å². The van der Waals surface area contributed by atoms with E-state index >= 15 is 0 Å². The molecule has 2 heterocycles. The quantitative estimate of drug-likeness (QED) is 0.120. The van der Waals surface area contributed by atoms with Crippen LogP contribution >= 0.6 is 47.2 Å². The number of ether oxygens (including phenoxy) is 3. The summed E-state index contributed by atoms with van der Waals surface area (Å²) in [7, 11) is 0. The number of thioether (sulfide) groups is 1. The summed E-state index contributed by atoms with van der Waals surface area (Å²) in [6.07, 6.45) is 2.30. The molecule has 1 N–H and O–H groups in total. The van der Waals surface area contributed by atoms with Crippen LogP contribution in [0.2, 0.25) is 10.0 Å². The normalized spacial score (nSPS) is 16.4. The fraction of sp³-hybridized carbons (Fsp3) is 0.303. The number of carbonyl (C=O) groups is 2. The van der Waals surface area contributed by atoms with Crippen LogP contribution < -0.4 is 9.47 Å². The first-order chi connectivity index (χ1) is 21.8. The van der Waals surface area contributed by atoms with E-state index in [1.165, 1.54) is 11.8 Å². The van der Waals surface area contributed by atoms with Gasteiger partial charge in [-0.15, -0.1) is 0 Å². The van der Waals surface area contributed by atoms with Crippen molar-refractivity contribution in [1.29, 1.82) is 0 Å². The van der Waals surface area contributed by atoms with Gasteiger partial charge in [0.25, 0.3) is 5.91 Å². The third kappa shape index (κ3) is 9.22. The van der Waals surface area contributed by atoms with Crippen molar-refractivity contribution in [3.8, 4) is 22.6 Å². The number of carbonyl (C=O) groups excluding carboxylic acids is 1. The van der Waals surface area contributed by atoms with Crippen LogP contribution in [-0.2, 0) is 20.7 Å². The Hall–Kier alpha value is -3.12. The highest BCUT2D eigenvalue weighted by Gasteiger charge is 2.32. The van der Waals surface area contributed by atoms with Gasteiger partial charge < -0.3 is 19.3 Å². The predicted octanol–water partition coefficient (Wildman–Crippen LogP) is 6.67. The van der Waals surface area contributed by atoms with Gasteiger partial charge in [-0.3, -0.25) is 19.4 Å². The zero-order chi connectivity index (χ0) is 31.8. The minimum absolute atomic E-state index is 0.0724. The smallest absolute Gasteiger partial charge is 0.307 e. The van der Waals surface area contributed by atoms with Gasteiger partial charge in [0.15, 0.2) is 0 Å². The summed E-state index contributed by atoms with van der Waals surface area (Å²) in [5, 5.41) is 9.96. The molecule has 3 aromatic rings. The molecule has 2 aliphatic heterocycles. The molecule has 0 unspecified atom stereocenters. The van der Waals surface area contributed by atoms with Crippen LogP contribution in [0.4, 0.5) is 0 Å². The summed E-state index contributed by atoms with van der Waals surface area (Å²) in [4.78, 5) is 28.9. The number of thiocarbonyl (C=S) groups is 1. The standard InChI is InChI=1S/C33H32Cl2N2O6S2/c34-27-7-5-24(20-28(27)35)23-6-8-29(43-16-12-36-10-14-41-15-11-36)25(19-23)21-30-32(40)37(33(44)45-30)9-2-13-42-26-4-1-3-22(17-26)18-31(38)39/h1,3-8,17,19-21H,2,9-16,18H2,(H,38,39)/b30-21-. The molecule has 0 aromatic heterocycles. The third-order valence-electron chi connectivity index (χ3n) is 7.24. The second-order valence-corrected chi connectivity index (χ2v) is 12.9. The minimum Gasteiger partial charge on any atom is -0.494 e. The molecule has 0 spiro atoms. The van der Waals surface area contributed by atoms with Crippen molar-refractivity contribution in [1.82, 2.24) is 9.80 Å². The first kappa shape index (κ1) is 33.2. The summed E-state index contributed by atoms with van der Waals surface area (Å²) in [6.45, 7) is 5.18. The molecular formula is C33H32Cl2N2O6S2. The van der Waals surface area contributed by atoms with Gasteiger partial charge >= 0.3 is 5.97 Å². The zero-order valence-electron chi connectivity index (χ0n) is 24.4. The molecule has 0 saturated carbocycles. The van der Waals surface area contributed by atoms with Crippen molar-refractivity contribution in [3.63, 3.8) is 0 Å². The molecule has 8 nitrogen and oxygen atoms in total. The number of amides is 1. The maximum absolute atomic E-state index is 13.5. The maximum atomic E-state index is 13.5. The molecular weight excluding hydrogens is 655 g/mol. The molecule has 2 fully saturated rings. The lowest BCUT2D eigenvalue weighted by molar-refractivity contribution is -0.136. The van der Waals surface area contributed by atoms with Crippen molar-refractivity contribution in [2.24, 2.45) is 0 Å². The average Bonchev–Trinajstić information content (AvgIpc) is 3.29. The van der Waals surface area contributed by atoms with Gasteiger partial charge in [0, 0.05) is 31.7 Å². The number of rotatable bonds is 13. The molecule has 2 saturated heterocycles. The summed E-state index contributed by atoms with van der Waals surface area (Å²) >= 11 is 19.3. The van der Waals surface area contributed by atoms with Gasteiger partial charge in [-0.05, 0) is 65.6 Å². The average molecular weight is 688 g/mol. The molecule has 0 atom stereocenters. The number of carboxylic acid groups (broad SMARTS) is 1. The van der Waals surface area contributed by atoms with Crippen LogP contribution in [-0.4, -0.2) is 83.7 Å². The van der Waals surface area contributed by atoms with E-state index < -0.39 is 5.97 Å². The molecule has 5 rings (SSSR count). The Morgan fingerprint density at radius 3 is 2.53 bits per heavy atom. The highest BCUT2D eigenvalue weighted by Crippen LogP contribution is 2.37. The molecule has 0 aliphatic carbocycles. The Balaban J connectivity index is 1.27. The maximum Gasteiger partial charge on any atom is 0.307 e. The summed E-state index contributed by atoms with van der Waals surface area (Å²) in [5.41, 5.74) is 3.21. The molecule has 0 radical (unpaired) electrons. The lowest BCUT2D eigenvalue weighted by atomic mass is 10.0. The number of carboxylic acids is 1. The molecule has 236 valence electrons. The fourth-order valence-corrected chi connectivity index (χ4v) is 6.52. The number of hydrogen-bond donors (Lipinski definition) is 1. The molecule has 12 heteroatoms. The van der Waals surface area contributed by atoms with Crippen LogP contribution in [0.5, 0.6) is 11.5 Å². The monoisotopic (exact) mass is 686 g/mol. The Kier molecular flexibility index (Phi) is 11.8. The van der Waals surface area contributed by atoms with E-state index in [2.05, 4.69) is 4.90 Å². The molecule has 3 aromatic carbocycles. The number of aliphatic carboxylic acids is 1. The van der Waals surface area contributed by atoms with E-state index in [-0.39, 0.29) is 12.3 Å². The number of hydrogen-bond acceptors (Lipinski definition) is 8. The van der Waals surface area contributed by atoms with Crippen molar-refractivity contribution in [2.45, 2.75) is 12.8 Å². The number of morpholine rings is 1. The van der Waals surface area contributed by atoms with E-state index in [0.717, 1.165) is 49.5 Å². The van der Waals surface area contributed by atoms with E-state index in [4.69, 9.17) is 54.7 Å². The predicted molar refractivity (Wildman–Crippen MR) is 182 cm³/mol. The van der Waals surface area contributed by atoms with Gasteiger partial charge in [-0.2, -0.15) is 0 Å². The van der Waals surface area contributed by atoms with Crippen LogP contribution in [0.15, 0.2) is 65.6 Å². The summed E-state index contributed by atoms with van der Waals surface area (Å²) in [5.74, 6) is 0.174. The topological polar surface area (TPSA) is 88.5 Å². The lowest BCUT2D eigenvalue weighted by Gasteiger charge is -2.26. The zero-order valence-corrected chi connectivity index (χ0v) is 27.5. The lowest BCUT2D eigenvalue weighted by Crippen LogP contribution is -2.38. The number of halogens is 2. The van der Waals surface area contributed by atoms with E-state index in [0.29, 0.717) is 62.5 Å². The Labute approximate surface area is 281 Å². The Morgan fingerprint density at radius 2 is 1.76 bits per heavy atom. The largest absolute Gasteiger partial charge is 0.494 e. The second kappa shape index (κ2) is 15.9. The summed E-state index contributed by atoms with van der Waals surface area (Å²) < 4.78 is 18.0. The van der Waals surface area contributed by atoms with Crippen LogP contribution in [0.25, 0.3) is 17.2 Å². The van der Waals surface area contributed by atoms with Crippen LogP contribution in [0.3, 0.4) is 0 Å². The molecule has 45 heavy (non-hydrogen) atoms. The Bertz CT molecular complexity index is 1600. The van der Waals surface area contributed by atoms with Gasteiger partial charge in [-0.25, -0.2) is 0 Å². The molecule has 1 amide bonds. The highest BCUT2D eigenvalue weighted by atomic mass is 35.5. The molecule has 2 aliphatic rings. The van der Waals surface area contributed by atoms with E-state index in [1.807, 2.05) is 36.4 Å². The SMILES string of the molecule is O=C(O)Cc1cccc(OCCCN2C(=O)/C(=C/c3cc(-c4ccc(Cl)c(Cl)c4)ccc3OCCN3CCOCC3)SC2=S)c1. The highest BCUT2D eigenvalue weighted by molar-refractivity contribution is 8.26. The van der Waals surface area contributed by atoms with Crippen LogP contribution in [0.1, 0.15) is 17.5 Å². The van der Waals surface area contributed by atoms with Crippen molar-refractivity contribution in [3.05, 3.63) is 86.7 Å². The van der Waals surface area contributed by atoms with E-state index in [9.17, 15) is 9.59 Å². The fourth-order valence-electron chi connectivity index (χ4n) is 4.92. The van der Waals surface area contributed by atoms with Gasteiger partial charge in [0.2, 0.25) is 0 Å². The van der Waals surface area contributed by atoms with E-state index in [1.54, 1.807) is 35.2 Å². The number of benzene rings is 3. The van der Waals surface area contributed by atoms with Gasteiger partial charge in [-0.1, -0.05) is 71.4 Å². The molecule has 0 bridgehead atoms. The first-order valence-electron chi connectivity index (χ1n) is 14.5. The van der Waals surface area contributed by atoms with Crippen molar-refractivity contribution < 1.29 is 28.9 Å². The number of nitrogens with zero attached hydrogens (tertiary/aromatic N) is 2.